The predicted octanol–water partition coefficient (Wildman–Crippen LogP) is 1.64. The van der Waals surface area contributed by atoms with E-state index in [1.807, 2.05) is 6.92 Å². The lowest BCUT2D eigenvalue weighted by molar-refractivity contribution is 0.0555. The van der Waals surface area contributed by atoms with Gasteiger partial charge in [-0.15, -0.1) is 11.3 Å². The van der Waals surface area contributed by atoms with Crippen molar-refractivity contribution in [3.05, 3.63) is 15.6 Å². The molecule has 3 nitrogen and oxygen atoms in total. The van der Waals surface area contributed by atoms with Crippen LogP contribution in [0.15, 0.2) is 0 Å². The number of thiazole rings is 1. The third-order valence-corrected chi connectivity index (χ3v) is 3.51. The van der Waals surface area contributed by atoms with E-state index in [1.165, 1.54) is 4.88 Å². The summed E-state index contributed by atoms with van der Waals surface area (Å²) in [4.78, 5) is 5.65. The second-order valence-electron chi connectivity index (χ2n) is 3.67. The SMILES string of the molecule is Cc1nc(C)c(CO[C@@H]2CCNC2)s1. The van der Waals surface area contributed by atoms with Gasteiger partial charge in [0, 0.05) is 6.54 Å². The highest BCUT2D eigenvalue weighted by atomic mass is 32.1. The van der Waals surface area contributed by atoms with E-state index in [1.54, 1.807) is 11.3 Å². The predicted molar refractivity (Wildman–Crippen MR) is 57.7 cm³/mol. The van der Waals surface area contributed by atoms with Crippen molar-refractivity contribution in [1.29, 1.82) is 0 Å². The van der Waals surface area contributed by atoms with E-state index in [4.69, 9.17) is 4.74 Å². The zero-order valence-corrected chi connectivity index (χ0v) is 9.49. The van der Waals surface area contributed by atoms with Crippen LogP contribution in [-0.2, 0) is 11.3 Å². The Bertz CT molecular complexity index is 305. The average molecular weight is 212 g/mol. The van der Waals surface area contributed by atoms with Crippen molar-refractivity contribution in [1.82, 2.24) is 10.3 Å². The van der Waals surface area contributed by atoms with Gasteiger partial charge in [-0.3, -0.25) is 0 Å². The normalized spacial score (nSPS) is 21.7. The Morgan fingerprint density at radius 1 is 1.57 bits per heavy atom. The molecule has 1 N–H and O–H groups in total. The van der Waals surface area contributed by atoms with Crippen LogP contribution in [0.3, 0.4) is 0 Å². The van der Waals surface area contributed by atoms with E-state index in [0.717, 1.165) is 36.8 Å². The number of hydrogen-bond donors (Lipinski definition) is 1. The molecule has 0 bridgehead atoms. The molecular weight excluding hydrogens is 196 g/mol. The number of rotatable bonds is 3. The number of ether oxygens (including phenoxy) is 1. The first-order chi connectivity index (χ1) is 6.75. The Morgan fingerprint density at radius 3 is 3.00 bits per heavy atom. The van der Waals surface area contributed by atoms with Crippen molar-refractivity contribution in [2.45, 2.75) is 33.0 Å². The first kappa shape index (κ1) is 10.1. The van der Waals surface area contributed by atoms with Gasteiger partial charge in [-0.1, -0.05) is 0 Å². The number of aryl methyl sites for hydroxylation is 2. The third kappa shape index (κ3) is 2.32. The van der Waals surface area contributed by atoms with Gasteiger partial charge in [-0.25, -0.2) is 4.98 Å². The minimum Gasteiger partial charge on any atom is -0.371 e. The summed E-state index contributed by atoms with van der Waals surface area (Å²) < 4.78 is 5.79. The van der Waals surface area contributed by atoms with Gasteiger partial charge >= 0.3 is 0 Å². The highest BCUT2D eigenvalue weighted by Gasteiger charge is 2.15. The summed E-state index contributed by atoms with van der Waals surface area (Å²) >= 11 is 1.74. The molecule has 1 atom stereocenters. The maximum atomic E-state index is 5.79. The average Bonchev–Trinajstić information content (AvgIpc) is 2.72. The molecule has 2 heterocycles. The van der Waals surface area contributed by atoms with Gasteiger partial charge in [-0.2, -0.15) is 0 Å². The summed E-state index contributed by atoms with van der Waals surface area (Å²) in [6.45, 7) is 6.90. The topological polar surface area (TPSA) is 34.1 Å². The standard InChI is InChI=1S/C10H16N2OS/c1-7-10(14-8(2)12-7)6-13-9-3-4-11-5-9/h9,11H,3-6H2,1-2H3/t9-/m1/s1. The van der Waals surface area contributed by atoms with Gasteiger partial charge in [0.25, 0.3) is 0 Å². The van der Waals surface area contributed by atoms with Gasteiger partial charge in [0.05, 0.1) is 28.3 Å². The summed E-state index contributed by atoms with van der Waals surface area (Å²) in [6.07, 6.45) is 1.54. The van der Waals surface area contributed by atoms with Crippen molar-refractivity contribution >= 4 is 11.3 Å². The lowest BCUT2D eigenvalue weighted by atomic mass is 10.3. The molecule has 0 amide bonds. The Labute approximate surface area is 88.5 Å². The van der Waals surface area contributed by atoms with E-state index in [9.17, 15) is 0 Å². The number of nitrogens with zero attached hydrogens (tertiary/aromatic N) is 1. The minimum atomic E-state index is 0.400. The van der Waals surface area contributed by atoms with Crippen LogP contribution in [0.2, 0.25) is 0 Å². The fourth-order valence-corrected chi connectivity index (χ4v) is 2.53. The highest BCUT2D eigenvalue weighted by molar-refractivity contribution is 7.11. The van der Waals surface area contributed by atoms with Crippen molar-refractivity contribution < 1.29 is 4.74 Å². The molecule has 1 aromatic heterocycles. The summed E-state index contributed by atoms with van der Waals surface area (Å²) in [5, 5.41) is 4.42. The van der Waals surface area contributed by atoms with Crippen molar-refractivity contribution in [3.8, 4) is 0 Å². The van der Waals surface area contributed by atoms with Crippen molar-refractivity contribution in [2.75, 3.05) is 13.1 Å². The third-order valence-electron chi connectivity index (χ3n) is 2.46. The summed E-state index contributed by atoms with van der Waals surface area (Å²) in [6, 6.07) is 0. The lowest BCUT2D eigenvalue weighted by Gasteiger charge is -2.08. The quantitative estimate of drug-likeness (QED) is 0.827. The van der Waals surface area contributed by atoms with Crippen LogP contribution in [0.5, 0.6) is 0 Å². The maximum absolute atomic E-state index is 5.79. The molecule has 0 aromatic carbocycles. The Balaban J connectivity index is 1.87. The van der Waals surface area contributed by atoms with Gasteiger partial charge < -0.3 is 10.1 Å². The zero-order valence-electron chi connectivity index (χ0n) is 8.67. The van der Waals surface area contributed by atoms with Crippen LogP contribution in [0.4, 0.5) is 0 Å². The molecule has 1 aliphatic rings. The first-order valence-electron chi connectivity index (χ1n) is 5.01. The van der Waals surface area contributed by atoms with E-state index in [-0.39, 0.29) is 0 Å². The molecule has 4 heteroatoms. The second-order valence-corrected chi connectivity index (χ2v) is 4.96. The lowest BCUT2D eigenvalue weighted by Crippen LogP contribution is -2.16. The van der Waals surface area contributed by atoms with E-state index >= 15 is 0 Å². The fraction of sp³-hybridized carbons (Fsp3) is 0.700. The smallest absolute Gasteiger partial charge is 0.0900 e. The van der Waals surface area contributed by atoms with Crippen molar-refractivity contribution in [2.24, 2.45) is 0 Å². The van der Waals surface area contributed by atoms with Gasteiger partial charge in [0.2, 0.25) is 0 Å². The largest absolute Gasteiger partial charge is 0.371 e. The molecule has 1 aliphatic heterocycles. The van der Waals surface area contributed by atoms with Crippen LogP contribution >= 0.6 is 11.3 Å². The van der Waals surface area contributed by atoms with Crippen LogP contribution in [0.25, 0.3) is 0 Å². The number of aromatic nitrogens is 1. The van der Waals surface area contributed by atoms with Gasteiger partial charge in [-0.05, 0) is 26.8 Å². The van der Waals surface area contributed by atoms with E-state index in [0.29, 0.717) is 6.10 Å². The molecule has 14 heavy (non-hydrogen) atoms. The molecule has 0 saturated carbocycles. The van der Waals surface area contributed by atoms with Crippen LogP contribution in [-0.4, -0.2) is 24.2 Å². The Kier molecular flexibility index (Phi) is 3.15. The van der Waals surface area contributed by atoms with Crippen LogP contribution < -0.4 is 5.32 Å². The van der Waals surface area contributed by atoms with E-state index in [2.05, 4.69) is 17.2 Å². The Morgan fingerprint density at radius 2 is 2.43 bits per heavy atom. The molecule has 1 fully saturated rings. The molecule has 1 saturated heterocycles. The maximum Gasteiger partial charge on any atom is 0.0900 e. The minimum absolute atomic E-state index is 0.400. The van der Waals surface area contributed by atoms with Crippen LogP contribution in [0, 0.1) is 13.8 Å². The molecule has 0 spiro atoms. The summed E-state index contributed by atoms with van der Waals surface area (Å²) in [5.74, 6) is 0. The zero-order chi connectivity index (χ0) is 9.97. The number of nitrogens with one attached hydrogen (secondary N) is 1. The fourth-order valence-electron chi connectivity index (χ4n) is 1.67. The molecule has 2 rings (SSSR count). The Hall–Kier alpha value is -0.450. The second kappa shape index (κ2) is 4.38. The summed E-state index contributed by atoms with van der Waals surface area (Å²) in [5.41, 5.74) is 1.12. The molecular formula is C10H16N2OS. The molecule has 1 aromatic rings. The van der Waals surface area contributed by atoms with E-state index < -0.39 is 0 Å². The first-order valence-corrected chi connectivity index (χ1v) is 5.82. The highest BCUT2D eigenvalue weighted by Crippen LogP contribution is 2.19. The molecule has 78 valence electrons. The monoisotopic (exact) mass is 212 g/mol. The van der Waals surface area contributed by atoms with Gasteiger partial charge in [0.15, 0.2) is 0 Å². The van der Waals surface area contributed by atoms with Gasteiger partial charge in [0.1, 0.15) is 0 Å². The molecule has 0 radical (unpaired) electrons. The summed E-state index contributed by atoms with van der Waals surface area (Å²) in [7, 11) is 0. The van der Waals surface area contributed by atoms with Crippen molar-refractivity contribution in [3.63, 3.8) is 0 Å². The molecule has 0 unspecified atom stereocenters. The number of hydrogen-bond acceptors (Lipinski definition) is 4. The molecule has 0 aliphatic carbocycles. The van der Waals surface area contributed by atoms with Crippen LogP contribution in [0.1, 0.15) is 22.0 Å².